The third-order valence-corrected chi connectivity index (χ3v) is 6.24. The quantitative estimate of drug-likeness (QED) is 0.363. The number of aromatic nitrogens is 3. The molecule has 0 aliphatic carbocycles. The predicted molar refractivity (Wildman–Crippen MR) is 139 cm³/mol. The lowest BCUT2D eigenvalue weighted by molar-refractivity contribution is 0.306. The molecule has 2 N–H and O–H groups in total. The second kappa shape index (κ2) is 9.64. The van der Waals surface area contributed by atoms with Gasteiger partial charge in [0, 0.05) is 42.9 Å². The second-order valence-corrected chi connectivity index (χ2v) is 8.51. The molecule has 2 aromatic heterocycles. The molecule has 178 valence electrons. The molecular formula is C28H28N4O3. The summed E-state index contributed by atoms with van der Waals surface area (Å²) >= 11 is 0. The molecule has 0 aliphatic rings. The van der Waals surface area contributed by atoms with Gasteiger partial charge < -0.3 is 24.3 Å². The number of aryl methyl sites for hydroxylation is 2. The van der Waals surface area contributed by atoms with Crippen LogP contribution in [0.3, 0.4) is 0 Å². The summed E-state index contributed by atoms with van der Waals surface area (Å²) in [5.74, 6) is 1.46. The van der Waals surface area contributed by atoms with Crippen LogP contribution in [0, 0.1) is 0 Å². The first-order chi connectivity index (χ1) is 17.1. The van der Waals surface area contributed by atoms with Gasteiger partial charge in [0.1, 0.15) is 23.8 Å². The Bertz CT molecular complexity index is 1550. The summed E-state index contributed by atoms with van der Waals surface area (Å²) in [4.78, 5) is 18.1. The summed E-state index contributed by atoms with van der Waals surface area (Å²) in [7, 11) is 3.39. The number of ether oxygens (including phenoxy) is 2. The first kappa shape index (κ1) is 22.7. The highest BCUT2D eigenvalue weighted by Gasteiger charge is 2.18. The number of fused-ring (bicyclic) bond motifs is 2. The topological polar surface area (TPSA) is 84.3 Å². The van der Waals surface area contributed by atoms with Crippen molar-refractivity contribution in [2.75, 3.05) is 13.7 Å². The van der Waals surface area contributed by atoms with Crippen LogP contribution in [0.25, 0.3) is 33.2 Å². The van der Waals surface area contributed by atoms with Gasteiger partial charge in [0.2, 0.25) is 0 Å². The fourth-order valence-electron chi connectivity index (χ4n) is 4.35. The molecule has 2 heterocycles. The zero-order valence-electron chi connectivity index (χ0n) is 19.9. The third kappa shape index (κ3) is 4.38. The lowest BCUT2D eigenvalue weighted by Crippen LogP contribution is -2.20. The van der Waals surface area contributed by atoms with Crippen LogP contribution in [-0.2, 0) is 20.2 Å². The van der Waals surface area contributed by atoms with Crippen molar-refractivity contribution in [3.05, 3.63) is 88.8 Å². The van der Waals surface area contributed by atoms with E-state index < -0.39 is 0 Å². The molecule has 0 unspecified atom stereocenters. The van der Waals surface area contributed by atoms with Crippen molar-refractivity contribution in [2.24, 2.45) is 12.8 Å². The van der Waals surface area contributed by atoms with Crippen LogP contribution in [0.15, 0.2) is 77.7 Å². The highest BCUT2D eigenvalue weighted by atomic mass is 16.5. The normalized spacial score (nSPS) is 11.3. The maximum absolute atomic E-state index is 13.3. The van der Waals surface area contributed by atoms with E-state index in [0.29, 0.717) is 30.1 Å². The average Bonchev–Trinajstić information content (AvgIpc) is 3.26. The molecule has 0 aliphatic heterocycles. The summed E-state index contributed by atoms with van der Waals surface area (Å²) in [6.45, 7) is 1.79. The van der Waals surface area contributed by atoms with Gasteiger partial charge in [0.15, 0.2) is 0 Å². The van der Waals surface area contributed by atoms with Gasteiger partial charge in [-0.15, -0.1) is 0 Å². The Balaban J connectivity index is 1.61. The van der Waals surface area contributed by atoms with Crippen molar-refractivity contribution in [1.29, 1.82) is 0 Å². The highest BCUT2D eigenvalue weighted by molar-refractivity contribution is 5.96. The summed E-state index contributed by atoms with van der Waals surface area (Å²) in [6.07, 6.45) is 2.82. The molecule has 0 atom stereocenters. The zero-order valence-corrected chi connectivity index (χ0v) is 19.9. The molecule has 5 rings (SSSR count). The smallest absolute Gasteiger partial charge is 0.277 e. The SMILES string of the molecule is COc1ccc2c(c1)nc(-c1cn(CCCN)c3cc(OCc4ccccc4)ccc13)c(=O)n2C. The van der Waals surface area contributed by atoms with E-state index in [1.165, 1.54) is 0 Å². The van der Waals surface area contributed by atoms with Crippen LogP contribution < -0.4 is 20.8 Å². The van der Waals surface area contributed by atoms with Crippen molar-refractivity contribution >= 4 is 21.9 Å². The zero-order chi connectivity index (χ0) is 24.4. The first-order valence-electron chi connectivity index (χ1n) is 11.6. The maximum Gasteiger partial charge on any atom is 0.277 e. The lowest BCUT2D eigenvalue weighted by atomic mass is 10.1. The lowest BCUT2D eigenvalue weighted by Gasteiger charge is -2.09. The standard InChI is InChI=1S/C28H28N4O3/c1-31-25-12-10-20(34-2)15-24(25)30-27(28(31)33)23-17-32(14-6-13-29)26-16-21(9-11-22(23)26)35-18-19-7-4-3-5-8-19/h3-5,7-12,15-17H,6,13-14,18,29H2,1-2H3. The molecule has 7 heteroatoms. The molecule has 0 radical (unpaired) electrons. The molecule has 0 fully saturated rings. The van der Waals surface area contributed by atoms with Gasteiger partial charge in [-0.1, -0.05) is 30.3 Å². The minimum Gasteiger partial charge on any atom is -0.497 e. The minimum absolute atomic E-state index is 0.148. The van der Waals surface area contributed by atoms with Crippen LogP contribution >= 0.6 is 0 Å². The molecule has 3 aromatic carbocycles. The Labute approximate surface area is 203 Å². The van der Waals surface area contributed by atoms with Crippen LogP contribution in [0.5, 0.6) is 11.5 Å². The van der Waals surface area contributed by atoms with Gasteiger partial charge in [0.05, 0.1) is 23.7 Å². The molecule has 0 amide bonds. The molecule has 0 saturated carbocycles. The molecule has 5 aromatic rings. The number of methoxy groups -OCH3 is 1. The molecule has 0 bridgehead atoms. The van der Waals surface area contributed by atoms with Crippen LogP contribution in [0.2, 0.25) is 0 Å². The fraction of sp³-hybridized carbons (Fsp3) is 0.214. The van der Waals surface area contributed by atoms with E-state index in [4.69, 9.17) is 20.2 Å². The van der Waals surface area contributed by atoms with Crippen molar-refractivity contribution in [3.63, 3.8) is 0 Å². The van der Waals surface area contributed by atoms with Gasteiger partial charge in [-0.25, -0.2) is 4.98 Å². The van der Waals surface area contributed by atoms with Gasteiger partial charge in [-0.05, 0) is 42.8 Å². The Morgan fingerprint density at radius 3 is 2.54 bits per heavy atom. The van der Waals surface area contributed by atoms with Gasteiger partial charge >= 0.3 is 0 Å². The van der Waals surface area contributed by atoms with Gasteiger partial charge in [-0.2, -0.15) is 0 Å². The van der Waals surface area contributed by atoms with Crippen molar-refractivity contribution < 1.29 is 9.47 Å². The first-order valence-corrected chi connectivity index (χ1v) is 11.6. The number of hydrogen-bond donors (Lipinski definition) is 1. The van der Waals surface area contributed by atoms with E-state index in [1.54, 1.807) is 18.7 Å². The fourth-order valence-corrected chi connectivity index (χ4v) is 4.35. The molecule has 0 spiro atoms. The Kier molecular flexibility index (Phi) is 6.25. The van der Waals surface area contributed by atoms with Crippen LogP contribution in [0.4, 0.5) is 0 Å². The summed E-state index contributed by atoms with van der Waals surface area (Å²) in [5, 5.41) is 0.945. The van der Waals surface area contributed by atoms with Gasteiger partial charge in [-0.3, -0.25) is 4.79 Å². The summed E-state index contributed by atoms with van der Waals surface area (Å²) in [5.41, 5.74) is 10.4. The highest BCUT2D eigenvalue weighted by Crippen LogP contribution is 2.32. The van der Waals surface area contributed by atoms with E-state index in [2.05, 4.69) is 4.57 Å². The Hall–Kier alpha value is -4.10. The van der Waals surface area contributed by atoms with Crippen molar-refractivity contribution in [1.82, 2.24) is 14.1 Å². The largest absolute Gasteiger partial charge is 0.497 e. The molecule has 0 saturated heterocycles. The number of rotatable bonds is 8. The summed E-state index contributed by atoms with van der Waals surface area (Å²) < 4.78 is 15.2. The number of nitrogens with zero attached hydrogens (tertiary/aromatic N) is 3. The molecule has 35 heavy (non-hydrogen) atoms. The van der Waals surface area contributed by atoms with Crippen LogP contribution in [0.1, 0.15) is 12.0 Å². The van der Waals surface area contributed by atoms with E-state index >= 15 is 0 Å². The second-order valence-electron chi connectivity index (χ2n) is 8.51. The van der Waals surface area contributed by atoms with Gasteiger partial charge in [0.25, 0.3) is 5.56 Å². The van der Waals surface area contributed by atoms with Crippen molar-refractivity contribution in [2.45, 2.75) is 19.6 Å². The Morgan fingerprint density at radius 1 is 0.971 bits per heavy atom. The number of hydrogen-bond acceptors (Lipinski definition) is 5. The molecular weight excluding hydrogens is 440 g/mol. The maximum atomic E-state index is 13.3. The Morgan fingerprint density at radius 2 is 1.77 bits per heavy atom. The van der Waals surface area contributed by atoms with E-state index in [1.807, 2.05) is 72.9 Å². The van der Waals surface area contributed by atoms with E-state index in [-0.39, 0.29) is 5.56 Å². The van der Waals surface area contributed by atoms with E-state index in [9.17, 15) is 4.79 Å². The minimum atomic E-state index is -0.148. The number of nitrogens with two attached hydrogens (primary N) is 1. The predicted octanol–water partition coefficient (Wildman–Crippen LogP) is 4.49. The third-order valence-electron chi connectivity index (χ3n) is 6.24. The average molecular weight is 469 g/mol. The van der Waals surface area contributed by atoms with E-state index in [0.717, 1.165) is 46.3 Å². The van der Waals surface area contributed by atoms with Crippen molar-refractivity contribution in [3.8, 4) is 22.8 Å². The summed E-state index contributed by atoms with van der Waals surface area (Å²) in [6, 6.07) is 21.6. The molecule has 7 nitrogen and oxygen atoms in total. The van der Waals surface area contributed by atoms with Crippen LogP contribution in [-0.4, -0.2) is 27.8 Å². The monoisotopic (exact) mass is 468 g/mol. The number of benzene rings is 3.